The fraction of sp³-hybridized carbons (Fsp3) is 0. The lowest BCUT2D eigenvalue weighted by molar-refractivity contribution is 0.669. The minimum Gasteiger partial charge on any atom is -0.456 e. The van der Waals surface area contributed by atoms with Crippen LogP contribution >= 0.6 is 0 Å². The maximum Gasteiger partial charge on any atom is 0.135 e. The van der Waals surface area contributed by atoms with Crippen molar-refractivity contribution in [3.8, 4) is 22.3 Å². The Hall–Kier alpha value is -5.60. The van der Waals surface area contributed by atoms with Crippen LogP contribution in [0.2, 0.25) is 0 Å². The molecule has 0 saturated carbocycles. The summed E-state index contributed by atoms with van der Waals surface area (Å²) in [4.78, 5) is 2.35. The van der Waals surface area contributed by atoms with E-state index in [-0.39, 0.29) is 0 Å². The van der Waals surface area contributed by atoms with Crippen LogP contribution in [0.4, 0.5) is 17.1 Å². The van der Waals surface area contributed by atoms with Crippen molar-refractivity contribution in [1.82, 2.24) is 0 Å². The number of furan rings is 1. The minimum atomic E-state index is 0.900. The van der Waals surface area contributed by atoms with Crippen LogP contribution in [0, 0.1) is 0 Å². The molecule has 0 aliphatic heterocycles. The highest BCUT2D eigenvalue weighted by Crippen LogP contribution is 2.41. The molecule has 0 aliphatic rings. The third-order valence-corrected chi connectivity index (χ3v) is 8.04. The van der Waals surface area contributed by atoms with Crippen molar-refractivity contribution in [3.05, 3.63) is 164 Å². The Labute approximate surface area is 244 Å². The summed E-state index contributed by atoms with van der Waals surface area (Å²) in [7, 11) is 0. The zero-order valence-corrected chi connectivity index (χ0v) is 22.9. The molecule has 198 valence electrons. The highest BCUT2D eigenvalue weighted by molar-refractivity contribution is 6.08. The number of nitrogens with zero attached hydrogens (tertiary/aromatic N) is 1. The lowest BCUT2D eigenvalue weighted by Crippen LogP contribution is -2.10. The molecule has 2 heteroatoms. The van der Waals surface area contributed by atoms with Crippen molar-refractivity contribution in [2.75, 3.05) is 4.90 Å². The topological polar surface area (TPSA) is 16.4 Å². The fourth-order valence-electron chi connectivity index (χ4n) is 6.00. The van der Waals surface area contributed by atoms with Gasteiger partial charge in [0.15, 0.2) is 0 Å². The molecule has 0 bridgehead atoms. The van der Waals surface area contributed by atoms with Gasteiger partial charge in [-0.05, 0) is 82.2 Å². The molecule has 8 aromatic rings. The third kappa shape index (κ3) is 4.22. The van der Waals surface area contributed by atoms with E-state index in [1.807, 2.05) is 0 Å². The zero-order chi connectivity index (χ0) is 27.9. The van der Waals surface area contributed by atoms with E-state index in [1.165, 1.54) is 21.9 Å². The highest BCUT2D eigenvalue weighted by Gasteiger charge is 2.16. The van der Waals surface area contributed by atoms with Crippen molar-refractivity contribution < 1.29 is 4.42 Å². The van der Waals surface area contributed by atoms with Gasteiger partial charge < -0.3 is 9.32 Å². The Bertz CT molecular complexity index is 2190. The minimum absolute atomic E-state index is 0.900. The lowest BCUT2D eigenvalue weighted by atomic mass is 9.99. The largest absolute Gasteiger partial charge is 0.456 e. The zero-order valence-electron chi connectivity index (χ0n) is 22.9. The third-order valence-electron chi connectivity index (χ3n) is 8.04. The number of rotatable bonds is 5. The maximum atomic E-state index is 6.24. The molecule has 1 aromatic heterocycles. The second-order valence-electron chi connectivity index (χ2n) is 10.6. The van der Waals surface area contributed by atoms with Gasteiger partial charge >= 0.3 is 0 Å². The summed E-state index contributed by atoms with van der Waals surface area (Å²) in [5, 5.41) is 4.69. The molecule has 0 aliphatic carbocycles. The summed E-state index contributed by atoms with van der Waals surface area (Å²) in [5.41, 5.74) is 9.89. The smallest absolute Gasteiger partial charge is 0.135 e. The number of hydrogen-bond acceptors (Lipinski definition) is 2. The van der Waals surface area contributed by atoms with E-state index < -0.39 is 0 Å². The van der Waals surface area contributed by atoms with Crippen LogP contribution in [0.25, 0.3) is 55.0 Å². The van der Waals surface area contributed by atoms with Gasteiger partial charge in [-0.2, -0.15) is 0 Å². The second kappa shape index (κ2) is 10.1. The van der Waals surface area contributed by atoms with Gasteiger partial charge in [0.1, 0.15) is 11.2 Å². The van der Waals surface area contributed by atoms with Crippen molar-refractivity contribution in [1.29, 1.82) is 0 Å². The first-order valence-electron chi connectivity index (χ1n) is 14.3. The molecule has 0 unspecified atom stereocenters. The predicted molar refractivity (Wildman–Crippen MR) is 177 cm³/mol. The molecule has 0 atom stereocenters. The first-order chi connectivity index (χ1) is 20.8. The van der Waals surface area contributed by atoms with Gasteiger partial charge in [-0.1, -0.05) is 109 Å². The number of para-hydroxylation sites is 1. The van der Waals surface area contributed by atoms with Crippen molar-refractivity contribution >= 4 is 49.8 Å². The van der Waals surface area contributed by atoms with Gasteiger partial charge in [-0.15, -0.1) is 0 Å². The molecular weight excluding hydrogens is 510 g/mol. The molecule has 0 N–H and O–H groups in total. The monoisotopic (exact) mass is 537 g/mol. The van der Waals surface area contributed by atoms with Crippen molar-refractivity contribution in [2.24, 2.45) is 0 Å². The Morgan fingerprint density at radius 1 is 0.357 bits per heavy atom. The van der Waals surface area contributed by atoms with E-state index >= 15 is 0 Å². The highest BCUT2D eigenvalue weighted by atomic mass is 16.3. The summed E-state index contributed by atoms with van der Waals surface area (Å²) >= 11 is 0. The Morgan fingerprint density at radius 3 is 1.67 bits per heavy atom. The summed E-state index contributed by atoms with van der Waals surface area (Å²) in [6.07, 6.45) is 0. The molecule has 0 saturated heterocycles. The van der Waals surface area contributed by atoms with E-state index in [1.54, 1.807) is 0 Å². The Balaban J connectivity index is 1.27. The van der Waals surface area contributed by atoms with Gasteiger partial charge in [-0.25, -0.2) is 0 Å². The number of hydrogen-bond donors (Lipinski definition) is 0. The van der Waals surface area contributed by atoms with E-state index in [2.05, 4.69) is 169 Å². The molecule has 42 heavy (non-hydrogen) atoms. The van der Waals surface area contributed by atoms with Crippen LogP contribution in [0.1, 0.15) is 0 Å². The summed E-state index contributed by atoms with van der Waals surface area (Å²) in [5.74, 6) is 0. The quantitative estimate of drug-likeness (QED) is 0.217. The molecule has 0 fully saturated rings. The molecule has 0 amide bonds. The van der Waals surface area contributed by atoms with Crippen LogP contribution in [0.5, 0.6) is 0 Å². The van der Waals surface area contributed by atoms with E-state index in [0.29, 0.717) is 0 Å². The first-order valence-corrected chi connectivity index (χ1v) is 14.3. The standard InChI is InChI=1S/C40H27NO/c1-3-11-28(12-4-1)31-21-23-39-36(26-31)37-27-32(22-24-40(37)42-39)30-15-9-18-34(25-30)41(33-16-5-2-6-17-33)38-20-10-14-29-13-7-8-19-35(29)38/h1-27H. The van der Waals surface area contributed by atoms with E-state index in [4.69, 9.17) is 4.42 Å². The van der Waals surface area contributed by atoms with Crippen molar-refractivity contribution in [3.63, 3.8) is 0 Å². The average molecular weight is 538 g/mol. The molecule has 2 nitrogen and oxygen atoms in total. The molecule has 0 spiro atoms. The lowest BCUT2D eigenvalue weighted by Gasteiger charge is -2.27. The normalized spacial score (nSPS) is 11.3. The van der Waals surface area contributed by atoms with Gasteiger partial charge in [0.25, 0.3) is 0 Å². The van der Waals surface area contributed by atoms with Crippen LogP contribution < -0.4 is 4.90 Å². The number of fused-ring (bicyclic) bond motifs is 4. The van der Waals surface area contributed by atoms with Gasteiger partial charge in [-0.3, -0.25) is 0 Å². The Morgan fingerprint density at radius 2 is 0.905 bits per heavy atom. The maximum absolute atomic E-state index is 6.24. The van der Waals surface area contributed by atoms with E-state index in [0.717, 1.165) is 50.1 Å². The fourth-order valence-corrected chi connectivity index (χ4v) is 6.00. The first kappa shape index (κ1) is 24.2. The van der Waals surface area contributed by atoms with Crippen LogP contribution in [0.15, 0.2) is 168 Å². The van der Waals surface area contributed by atoms with Crippen LogP contribution in [0.3, 0.4) is 0 Å². The molecule has 8 rings (SSSR count). The Kier molecular flexibility index (Phi) is 5.82. The van der Waals surface area contributed by atoms with E-state index in [9.17, 15) is 0 Å². The summed E-state index contributed by atoms with van der Waals surface area (Å²) in [6.45, 7) is 0. The predicted octanol–water partition coefficient (Wildman–Crippen LogP) is 11.5. The van der Waals surface area contributed by atoms with Gasteiger partial charge in [0, 0.05) is 27.5 Å². The average Bonchev–Trinajstić information content (AvgIpc) is 3.43. The van der Waals surface area contributed by atoms with Crippen LogP contribution in [-0.2, 0) is 0 Å². The molecule has 1 heterocycles. The number of benzene rings is 7. The second-order valence-corrected chi connectivity index (χ2v) is 10.6. The van der Waals surface area contributed by atoms with Gasteiger partial charge in [0.05, 0.1) is 5.69 Å². The molecule has 7 aromatic carbocycles. The van der Waals surface area contributed by atoms with Crippen molar-refractivity contribution in [2.45, 2.75) is 0 Å². The summed E-state index contributed by atoms with van der Waals surface area (Å²) < 4.78 is 6.24. The molecular formula is C40H27NO. The SMILES string of the molecule is c1ccc(-c2ccc3oc4ccc(-c5cccc(N(c6ccccc6)c6cccc7ccccc67)c5)cc4c3c2)cc1. The molecule has 0 radical (unpaired) electrons. The van der Waals surface area contributed by atoms with Gasteiger partial charge in [0.2, 0.25) is 0 Å². The van der Waals surface area contributed by atoms with Crippen LogP contribution in [-0.4, -0.2) is 0 Å². The summed E-state index contributed by atoms with van der Waals surface area (Å²) in [6, 6.07) is 58.0. The number of anilines is 3.